The zero-order valence-electron chi connectivity index (χ0n) is 14.7. The summed E-state index contributed by atoms with van der Waals surface area (Å²) in [6.07, 6.45) is 3.32. The summed E-state index contributed by atoms with van der Waals surface area (Å²) < 4.78 is 12.9. The molecule has 0 fully saturated rings. The van der Waals surface area contributed by atoms with E-state index in [1.165, 1.54) is 0 Å². The molecule has 0 spiro atoms. The highest BCUT2D eigenvalue weighted by atomic mass is 16.6. The molecule has 134 valence electrons. The van der Waals surface area contributed by atoms with E-state index in [4.69, 9.17) is 9.47 Å². The van der Waals surface area contributed by atoms with Crippen LogP contribution in [0.1, 0.15) is 35.8 Å². The molecule has 1 aliphatic heterocycles. The van der Waals surface area contributed by atoms with Crippen molar-refractivity contribution in [1.82, 2.24) is 20.1 Å². The second-order valence-electron chi connectivity index (χ2n) is 6.48. The highest BCUT2D eigenvalue weighted by molar-refractivity contribution is 5.96. The van der Waals surface area contributed by atoms with Crippen LogP contribution in [0.4, 0.5) is 0 Å². The number of nitrogens with one attached hydrogen (secondary N) is 1. The molecule has 3 heterocycles. The van der Waals surface area contributed by atoms with Crippen molar-refractivity contribution in [3.63, 3.8) is 0 Å². The van der Waals surface area contributed by atoms with Crippen LogP contribution in [0.5, 0.6) is 11.5 Å². The van der Waals surface area contributed by atoms with Gasteiger partial charge in [0, 0.05) is 24.2 Å². The van der Waals surface area contributed by atoms with E-state index in [9.17, 15) is 4.79 Å². The zero-order valence-corrected chi connectivity index (χ0v) is 14.7. The van der Waals surface area contributed by atoms with Gasteiger partial charge in [0.25, 0.3) is 5.91 Å². The number of hydrogen-bond donors (Lipinski definition) is 1. The van der Waals surface area contributed by atoms with E-state index < -0.39 is 0 Å². The first kappa shape index (κ1) is 16.4. The van der Waals surface area contributed by atoms with Gasteiger partial charge in [0.2, 0.25) is 0 Å². The van der Waals surface area contributed by atoms with Crippen LogP contribution >= 0.6 is 0 Å². The quantitative estimate of drug-likeness (QED) is 0.781. The summed E-state index contributed by atoms with van der Waals surface area (Å²) >= 11 is 0. The number of carbonyl (C=O) groups is 1. The average molecular weight is 352 g/mol. The third-order valence-corrected chi connectivity index (χ3v) is 4.24. The Labute approximate surface area is 150 Å². The maximum atomic E-state index is 12.5. The summed E-state index contributed by atoms with van der Waals surface area (Å²) in [5.41, 5.74) is 2.24. The number of aromatic nitrogens is 3. The van der Waals surface area contributed by atoms with E-state index in [2.05, 4.69) is 15.4 Å². The Kier molecular flexibility index (Phi) is 4.20. The van der Waals surface area contributed by atoms with Crippen LogP contribution in [0.15, 0.2) is 36.7 Å². The van der Waals surface area contributed by atoms with E-state index >= 15 is 0 Å². The van der Waals surface area contributed by atoms with Crippen LogP contribution in [0.3, 0.4) is 0 Å². The Hall–Kier alpha value is -3.09. The number of hydrogen-bond acceptors (Lipinski definition) is 5. The summed E-state index contributed by atoms with van der Waals surface area (Å²) in [6, 6.07) is 7.71. The topological polar surface area (TPSA) is 78.3 Å². The highest BCUT2D eigenvalue weighted by Crippen LogP contribution is 2.30. The lowest BCUT2D eigenvalue weighted by Crippen LogP contribution is -2.23. The minimum absolute atomic E-state index is 0.174. The number of nitrogens with zero attached hydrogens (tertiary/aromatic N) is 3. The summed E-state index contributed by atoms with van der Waals surface area (Å²) in [6.45, 7) is 5.59. The maximum absolute atomic E-state index is 12.5. The number of rotatable bonds is 4. The van der Waals surface area contributed by atoms with Gasteiger partial charge < -0.3 is 14.8 Å². The fourth-order valence-electron chi connectivity index (χ4n) is 2.92. The molecule has 1 aliphatic rings. The minimum Gasteiger partial charge on any atom is -0.486 e. The van der Waals surface area contributed by atoms with Crippen molar-refractivity contribution in [3.8, 4) is 11.5 Å². The first-order chi connectivity index (χ1) is 12.6. The van der Waals surface area contributed by atoms with Crippen molar-refractivity contribution >= 4 is 16.9 Å². The predicted molar refractivity (Wildman–Crippen MR) is 96.5 cm³/mol. The van der Waals surface area contributed by atoms with Gasteiger partial charge in [-0.15, -0.1) is 0 Å². The summed E-state index contributed by atoms with van der Waals surface area (Å²) in [4.78, 5) is 16.9. The molecule has 2 aromatic heterocycles. The monoisotopic (exact) mass is 352 g/mol. The summed E-state index contributed by atoms with van der Waals surface area (Å²) in [7, 11) is 0. The molecule has 1 amide bonds. The number of ether oxygens (including phenoxy) is 2. The molecule has 0 saturated heterocycles. The fourth-order valence-corrected chi connectivity index (χ4v) is 2.92. The lowest BCUT2D eigenvalue weighted by Gasteiger charge is -2.19. The van der Waals surface area contributed by atoms with Crippen LogP contribution in [-0.4, -0.2) is 33.9 Å². The first-order valence-electron chi connectivity index (χ1n) is 8.62. The van der Waals surface area contributed by atoms with Gasteiger partial charge in [0.1, 0.15) is 13.2 Å². The number of fused-ring (bicyclic) bond motifs is 2. The largest absolute Gasteiger partial charge is 0.486 e. The SMILES string of the molecule is CC(C)n1ncc2cc(C(=O)NCc3ccc4c(c3)OCCO4)cnc21. The second-order valence-corrected chi connectivity index (χ2v) is 6.48. The minimum atomic E-state index is -0.174. The van der Waals surface area contributed by atoms with Gasteiger partial charge in [-0.25, -0.2) is 9.67 Å². The van der Waals surface area contributed by atoms with Gasteiger partial charge in [-0.05, 0) is 37.6 Å². The van der Waals surface area contributed by atoms with E-state index in [-0.39, 0.29) is 11.9 Å². The van der Waals surface area contributed by atoms with Crippen molar-refractivity contribution in [2.24, 2.45) is 0 Å². The molecular weight excluding hydrogens is 332 g/mol. The molecule has 7 nitrogen and oxygen atoms in total. The molecule has 3 aromatic rings. The van der Waals surface area contributed by atoms with Gasteiger partial charge in [-0.1, -0.05) is 6.07 Å². The molecule has 7 heteroatoms. The van der Waals surface area contributed by atoms with Crippen LogP contribution in [-0.2, 0) is 6.54 Å². The summed E-state index contributed by atoms with van der Waals surface area (Å²) in [5.74, 6) is 1.28. The van der Waals surface area contributed by atoms with Gasteiger partial charge >= 0.3 is 0 Å². The Morgan fingerprint density at radius 3 is 2.81 bits per heavy atom. The number of pyridine rings is 1. The fraction of sp³-hybridized carbons (Fsp3) is 0.316. The average Bonchev–Trinajstić information content (AvgIpc) is 3.09. The lowest BCUT2D eigenvalue weighted by molar-refractivity contribution is 0.0950. The Morgan fingerprint density at radius 1 is 1.19 bits per heavy atom. The van der Waals surface area contributed by atoms with Crippen molar-refractivity contribution in [1.29, 1.82) is 0 Å². The van der Waals surface area contributed by atoms with Crippen LogP contribution in [0.2, 0.25) is 0 Å². The summed E-state index contributed by atoms with van der Waals surface area (Å²) in [5, 5.41) is 8.09. The molecule has 0 aliphatic carbocycles. The first-order valence-corrected chi connectivity index (χ1v) is 8.62. The van der Waals surface area contributed by atoms with Gasteiger partial charge in [0.15, 0.2) is 17.1 Å². The molecule has 0 bridgehead atoms. The van der Waals surface area contributed by atoms with Crippen LogP contribution < -0.4 is 14.8 Å². The zero-order chi connectivity index (χ0) is 18.1. The molecule has 4 rings (SSSR count). The molecule has 1 N–H and O–H groups in total. The van der Waals surface area contributed by atoms with Crippen molar-refractivity contribution in [2.45, 2.75) is 26.4 Å². The van der Waals surface area contributed by atoms with Crippen LogP contribution in [0, 0.1) is 0 Å². The second kappa shape index (κ2) is 6.67. The number of carbonyl (C=O) groups excluding carboxylic acids is 1. The highest BCUT2D eigenvalue weighted by Gasteiger charge is 2.14. The van der Waals surface area contributed by atoms with Crippen LogP contribution in [0.25, 0.3) is 11.0 Å². The van der Waals surface area contributed by atoms with Crippen molar-refractivity contribution in [2.75, 3.05) is 13.2 Å². The van der Waals surface area contributed by atoms with E-state index in [1.54, 1.807) is 12.4 Å². The molecule has 0 atom stereocenters. The van der Waals surface area contributed by atoms with Gasteiger partial charge in [-0.3, -0.25) is 4.79 Å². The smallest absolute Gasteiger partial charge is 0.253 e. The Bertz CT molecular complexity index is 965. The number of benzene rings is 1. The van der Waals surface area contributed by atoms with Crippen molar-refractivity contribution in [3.05, 3.63) is 47.8 Å². The Balaban J connectivity index is 1.47. The molecule has 0 radical (unpaired) electrons. The third kappa shape index (κ3) is 3.08. The third-order valence-electron chi connectivity index (χ3n) is 4.24. The standard InChI is InChI=1S/C19H20N4O3/c1-12(2)23-18-14(11-22-23)8-15(10-20-18)19(24)21-9-13-3-4-16-17(7-13)26-6-5-25-16/h3-4,7-8,10-12H,5-6,9H2,1-2H3,(H,21,24). The molecule has 0 unspecified atom stereocenters. The lowest BCUT2D eigenvalue weighted by atomic mass is 10.1. The van der Waals surface area contributed by atoms with E-state index in [0.717, 1.165) is 22.3 Å². The van der Waals surface area contributed by atoms with Gasteiger partial charge in [0.05, 0.1) is 11.8 Å². The van der Waals surface area contributed by atoms with Crippen molar-refractivity contribution < 1.29 is 14.3 Å². The molecule has 0 saturated carbocycles. The maximum Gasteiger partial charge on any atom is 0.253 e. The Morgan fingerprint density at radius 2 is 2.00 bits per heavy atom. The van der Waals surface area contributed by atoms with Gasteiger partial charge in [-0.2, -0.15) is 5.10 Å². The molecular formula is C19H20N4O3. The molecule has 26 heavy (non-hydrogen) atoms. The normalized spacial score (nSPS) is 13.2. The van der Waals surface area contributed by atoms with E-state index in [1.807, 2.05) is 42.8 Å². The number of amides is 1. The molecule has 1 aromatic carbocycles. The van der Waals surface area contributed by atoms with E-state index in [0.29, 0.717) is 31.1 Å². The predicted octanol–water partition coefficient (Wildman–Crippen LogP) is 2.71.